The highest BCUT2D eigenvalue weighted by atomic mass is 16.3. The Morgan fingerprint density at radius 1 is 1.40 bits per heavy atom. The molecule has 1 aliphatic carbocycles. The van der Waals surface area contributed by atoms with Crippen molar-refractivity contribution >= 4 is 0 Å². The molecule has 15 heavy (non-hydrogen) atoms. The van der Waals surface area contributed by atoms with E-state index in [1.165, 1.54) is 11.1 Å². The zero-order chi connectivity index (χ0) is 10.8. The summed E-state index contributed by atoms with van der Waals surface area (Å²) in [4.78, 5) is 0. The standard InChI is InChI=1S/C14H20O/c1-3-6-10(2)14(15)13-9-11-7-4-5-8-12(11)13/h4-5,7-8,10,13-15H,3,6,9H2,1-2H3. The summed E-state index contributed by atoms with van der Waals surface area (Å²) in [7, 11) is 0. The van der Waals surface area contributed by atoms with E-state index < -0.39 is 0 Å². The van der Waals surface area contributed by atoms with Gasteiger partial charge >= 0.3 is 0 Å². The summed E-state index contributed by atoms with van der Waals surface area (Å²) in [6.45, 7) is 4.34. The normalized spacial score (nSPS) is 22.7. The van der Waals surface area contributed by atoms with Crippen LogP contribution in [0.25, 0.3) is 0 Å². The number of rotatable bonds is 4. The second kappa shape index (κ2) is 4.36. The van der Waals surface area contributed by atoms with E-state index in [1.807, 2.05) is 0 Å². The molecule has 0 radical (unpaired) electrons. The molecule has 1 nitrogen and oxygen atoms in total. The molecule has 0 saturated heterocycles. The van der Waals surface area contributed by atoms with E-state index in [-0.39, 0.29) is 6.10 Å². The Balaban J connectivity index is 2.03. The lowest BCUT2D eigenvalue weighted by Crippen LogP contribution is -2.33. The van der Waals surface area contributed by atoms with E-state index in [0.717, 1.165) is 19.3 Å². The van der Waals surface area contributed by atoms with Crippen LogP contribution in [0.3, 0.4) is 0 Å². The van der Waals surface area contributed by atoms with Crippen molar-refractivity contribution in [3.63, 3.8) is 0 Å². The fourth-order valence-corrected chi connectivity index (χ4v) is 2.62. The topological polar surface area (TPSA) is 20.2 Å². The van der Waals surface area contributed by atoms with E-state index >= 15 is 0 Å². The van der Waals surface area contributed by atoms with E-state index in [0.29, 0.717) is 11.8 Å². The summed E-state index contributed by atoms with van der Waals surface area (Å²) in [5.74, 6) is 0.816. The average molecular weight is 204 g/mol. The first-order valence-electron chi connectivity index (χ1n) is 6.00. The molecule has 3 unspecified atom stereocenters. The van der Waals surface area contributed by atoms with Crippen LogP contribution in [-0.4, -0.2) is 11.2 Å². The van der Waals surface area contributed by atoms with Gasteiger partial charge in [-0.1, -0.05) is 44.5 Å². The quantitative estimate of drug-likeness (QED) is 0.799. The van der Waals surface area contributed by atoms with Crippen LogP contribution in [0.15, 0.2) is 24.3 Å². The van der Waals surface area contributed by atoms with Gasteiger partial charge in [-0.2, -0.15) is 0 Å². The number of aliphatic hydroxyl groups excluding tert-OH is 1. The van der Waals surface area contributed by atoms with Crippen LogP contribution >= 0.6 is 0 Å². The minimum absolute atomic E-state index is 0.153. The zero-order valence-corrected chi connectivity index (χ0v) is 9.61. The van der Waals surface area contributed by atoms with Crippen molar-refractivity contribution in [3.8, 4) is 0 Å². The van der Waals surface area contributed by atoms with Crippen LogP contribution in [0.2, 0.25) is 0 Å². The maximum atomic E-state index is 10.2. The van der Waals surface area contributed by atoms with Crippen LogP contribution in [0.1, 0.15) is 43.7 Å². The third kappa shape index (κ3) is 1.93. The van der Waals surface area contributed by atoms with Gasteiger partial charge in [-0.25, -0.2) is 0 Å². The van der Waals surface area contributed by atoms with Gasteiger partial charge in [0, 0.05) is 5.92 Å². The van der Waals surface area contributed by atoms with Crippen molar-refractivity contribution < 1.29 is 5.11 Å². The van der Waals surface area contributed by atoms with Crippen molar-refractivity contribution in [3.05, 3.63) is 35.4 Å². The zero-order valence-electron chi connectivity index (χ0n) is 9.61. The van der Waals surface area contributed by atoms with Crippen molar-refractivity contribution in [2.45, 2.75) is 45.1 Å². The van der Waals surface area contributed by atoms with Crippen LogP contribution < -0.4 is 0 Å². The Labute approximate surface area is 92.1 Å². The van der Waals surface area contributed by atoms with E-state index in [9.17, 15) is 5.11 Å². The number of aliphatic hydroxyl groups is 1. The number of hydrogen-bond acceptors (Lipinski definition) is 1. The van der Waals surface area contributed by atoms with E-state index in [4.69, 9.17) is 0 Å². The molecule has 0 heterocycles. The van der Waals surface area contributed by atoms with Crippen molar-refractivity contribution in [2.75, 3.05) is 0 Å². The molecule has 0 saturated carbocycles. The van der Waals surface area contributed by atoms with Gasteiger partial charge < -0.3 is 5.11 Å². The molecule has 3 atom stereocenters. The smallest absolute Gasteiger partial charge is 0.0637 e. The summed E-state index contributed by atoms with van der Waals surface area (Å²) in [6, 6.07) is 8.48. The predicted octanol–water partition coefficient (Wildman–Crippen LogP) is 3.12. The second-order valence-corrected chi connectivity index (χ2v) is 4.77. The van der Waals surface area contributed by atoms with Crippen LogP contribution in [-0.2, 0) is 6.42 Å². The van der Waals surface area contributed by atoms with Gasteiger partial charge in [0.15, 0.2) is 0 Å². The molecule has 0 amide bonds. The van der Waals surface area contributed by atoms with Gasteiger partial charge in [-0.3, -0.25) is 0 Å². The largest absolute Gasteiger partial charge is 0.392 e. The highest BCUT2D eigenvalue weighted by Gasteiger charge is 2.33. The van der Waals surface area contributed by atoms with Gasteiger partial charge in [0.25, 0.3) is 0 Å². The Morgan fingerprint density at radius 3 is 2.80 bits per heavy atom. The Morgan fingerprint density at radius 2 is 2.13 bits per heavy atom. The van der Waals surface area contributed by atoms with Crippen LogP contribution in [0.5, 0.6) is 0 Å². The lowest BCUT2D eigenvalue weighted by Gasteiger charge is -2.36. The predicted molar refractivity (Wildman–Crippen MR) is 63.0 cm³/mol. The monoisotopic (exact) mass is 204 g/mol. The molecule has 1 aromatic rings. The molecule has 0 spiro atoms. The maximum Gasteiger partial charge on any atom is 0.0637 e. The van der Waals surface area contributed by atoms with Crippen LogP contribution in [0.4, 0.5) is 0 Å². The summed E-state index contributed by atoms with van der Waals surface area (Å²) < 4.78 is 0. The van der Waals surface area contributed by atoms with Gasteiger partial charge in [0.2, 0.25) is 0 Å². The molecule has 0 aromatic heterocycles. The van der Waals surface area contributed by atoms with Crippen molar-refractivity contribution in [2.24, 2.45) is 5.92 Å². The Bertz CT molecular complexity index is 332. The molecule has 1 aromatic carbocycles. The lowest BCUT2D eigenvalue weighted by atomic mass is 9.71. The molecule has 1 N–H and O–H groups in total. The van der Waals surface area contributed by atoms with E-state index in [1.54, 1.807) is 0 Å². The highest BCUT2D eigenvalue weighted by Crippen LogP contribution is 2.39. The minimum Gasteiger partial charge on any atom is -0.392 e. The van der Waals surface area contributed by atoms with Crippen molar-refractivity contribution in [1.82, 2.24) is 0 Å². The van der Waals surface area contributed by atoms with Crippen LogP contribution in [0, 0.1) is 5.92 Å². The maximum absolute atomic E-state index is 10.2. The third-order valence-electron chi connectivity index (χ3n) is 3.63. The van der Waals surface area contributed by atoms with Gasteiger partial charge in [0.1, 0.15) is 0 Å². The molecule has 0 bridgehead atoms. The Hall–Kier alpha value is -0.820. The second-order valence-electron chi connectivity index (χ2n) is 4.77. The lowest BCUT2D eigenvalue weighted by molar-refractivity contribution is 0.0756. The SMILES string of the molecule is CCCC(C)C(O)C1Cc2ccccc21. The summed E-state index contributed by atoms with van der Waals surface area (Å²) in [5, 5.41) is 10.2. The van der Waals surface area contributed by atoms with E-state index in [2.05, 4.69) is 38.1 Å². The molecule has 0 aliphatic heterocycles. The highest BCUT2D eigenvalue weighted by molar-refractivity contribution is 5.40. The number of benzene rings is 1. The molecular weight excluding hydrogens is 184 g/mol. The minimum atomic E-state index is -0.153. The first kappa shape index (κ1) is 10.7. The van der Waals surface area contributed by atoms with Gasteiger partial charge in [-0.15, -0.1) is 0 Å². The van der Waals surface area contributed by atoms with Gasteiger partial charge in [0.05, 0.1) is 6.10 Å². The first-order chi connectivity index (χ1) is 7.24. The Kier molecular flexibility index (Phi) is 3.11. The summed E-state index contributed by atoms with van der Waals surface area (Å²) in [6.07, 6.45) is 3.19. The number of hydrogen-bond donors (Lipinski definition) is 1. The molecular formula is C14H20O. The average Bonchev–Trinajstić information content (AvgIpc) is 2.20. The summed E-state index contributed by atoms with van der Waals surface area (Å²) >= 11 is 0. The number of fused-ring (bicyclic) bond motifs is 1. The fourth-order valence-electron chi connectivity index (χ4n) is 2.62. The first-order valence-corrected chi connectivity index (χ1v) is 6.00. The molecule has 1 aliphatic rings. The van der Waals surface area contributed by atoms with Crippen molar-refractivity contribution in [1.29, 1.82) is 0 Å². The van der Waals surface area contributed by atoms with Gasteiger partial charge in [-0.05, 0) is 29.9 Å². The molecule has 1 heteroatoms. The fraction of sp³-hybridized carbons (Fsp3) is 0.571. The molecule has 0 fully saturated rings. The summed E-state index contributed by atoms with van der Waals surface area (Å²) in [5.41, 5.74) is 2.79. The third-order valence-corrected chi connectivity index (χ3v) is 3.63. The molecule has 82 valence electrons. The molecule has 2 rings (SSSR count).